The second-order valence-corrected chi connectivity index (χ2v) is 12.4. The zero-order valence-electron chi connectivity index (χ0n) is 18.6. The summed E-state index contributed by atoms with van der Waals surface area (Å²) in [7, 11) is -7.15. The molecule has 0 amide bonds. The summed E-state index contributed by atoms with van der Waals surface area (Å²) in [5.41, 5.74) is 0. The quantitative estimate of drug-likeness (QED) is 0.527. The summed E-state index contributed by atoms with van der Waals surface area (Å²) in [6.45, 7) is 3.24. The van der Waals surface area contributed by atoms with Crippen molar-refractivity contribution in [3.63, 3.8) is 0 Å². The van der Waals surface area contributed by atoms with E-state index in [1.54, 1.807) is 36.4 Å². The van der Waals surface area contributed by atoms with Crippen LogP contribution in [0.1, 0.15) is 26.2 Å². The molecule has 0 aliphatic carbocycles. The van der Waals surface area contributed by atoms with Crippen molar-refractivity contribution in [3.05, 3.63) is 48.5 Å². The first-order valence-corrected chi connectivity index (χ1v) is 14.4. The fraction of sp³-hybridized carbons (Fsp3) is 0.478. The van der Waals surface area contributed by atoms with Crippen LogP contribution in [-0.4, -0.2) is 64.6 Å². The summed E-state index contributed by atoms with van der Waals surface area (Å²) in [6.07, 6.45) is 1.72. The van der Waals surface area contributed by atoms with Crippen molar-refractivity contribution in [2.24, 2.45) is 0 Å². The molecule has 10 heteroatoms. The molecule has 180 valence electrons. The van der Waals surface area contributed by atoms with Gasteiger partial charge in [-0.1, -0.05) is 0 Å². The third-order valence-electron chi connectivity index (χ3n) is 5.82. The molecule has 2 aliphatic heterocycles. The summed E-state index contributed by atoms with van der Waals surface area (Å²) in [6, 6.07) is 12.8. The molecule has 0 N–H and O–H groups in total. The van der Waals surface area contributed by atoms with Gasteiger partial charge in [0.1, 0.15) is 17.2 Å². The third-order valence-corrected chi connectivity index (χ3v) is 9.51. The maximum absolute atomic E-state index is 13.5. The zero-order valence-corrected chi connectivity index (χ0v) is 20.2. The number of ether oxygens (including phenoxy) is 3. The normalized spacial score (nSPS) is 22.5. The third kappa shape index (κ3) is 5.87. The van der Waals surface area contributed by atoms with Crippen molar-refractivity contribution in [2.75, 3.05) is 31.3 Å². The van der Waals surface area contributed by atoms with Crippen LogP contribution in [0.25, 0.3) is 0 Å². The van der Waals surface area contributed by atoms with Crippen LogP contribution in [0.4, 0.5) is 0 Å². The van der Waals surface area contributed by atoms with Crippen LogP contribution in [0, 0.1) is 0 Å². The van der Waals surface area contributed by atoms with Crippen LogP contribution in [0.15, 0.2) is 53.4 Å². The van der Waals surface area contributed by atoms with Gasteiger partial charge in [-0.05, 0) is 74.7 Å². The highest BCUT2D eigenvalue weighted by Gasteiger charge is 2.40. The highest BCUT2D eigenvalue weighted by atomic mass is 32.2. The summed E-state index contributed by atoms with van der Waals surface area (Å²) < 4.78 is 69.3. The van der Waals surface area contributed by atoms with Crippen molar-refractivity contribution in [3.8, 4) is 17.2 Å². The van der Waals surface area contributed by atoms with Crippen LogP contribution >= 0.6 is 0 Å². The lowest BCUT2D eigenvalue weighted by Crippen LogP contribution is -2.45. The maximum Gasteiger partial charge on any atom is 0.243 e. The van der Waals surface area contributed by atoms with Gasteiger partial charge in [-0.25, -0.2) is 16.8 Å². The number of sulfonamides is 1. The van der Waals surface area contributed by atoms with Crippen LogP contribution in [0.3, 0.4) is 0 Å². The van der Waals surface area contributed by atoms with E-state index in [0.29, 0.717) is 31.1 Å². The van der Waals surface area contributed by atoms with E-state index in [4.69, 9.17) is 14.2 Å². The molecule has 2 aliphatic rings. The first kappa shape index (κ1) is 24.0. The van der Waals surface area contributed by atoms with Gasteiger partial charge < -0.3 is 14.2 Å². The standard InChI is InChI=1S/C23H29NO7S2/c1-2-29-19-5-7-20(8-6-19)31-21-9-11-23(12-10-21)33(27,28)24(16-22-4-3-14-30-22)18-13-15-32(25,26)17-18/h5-12,18,22H,2-4,13-17H2,1H3/t18-,22-/m0/s1. The molecule has 33 heavy (non-hydrogen) atoms. The Morgan fingerprint density at radius 1 is 1.00 bits per heavy atom. The van der Waals surface area contributed by atoms with Gasteiger partial charge in [0.2, 0.25) is 10.0 Å². The van der Waals surface area contributed by atoms with Crippen molar-refractivity contribution in [2.45, 2.75) is 43.2 Å². The lowest BCUT2D eigenvalue weighted by Gasteiger charge is -2.29. The van der Waals surface area contributed by atoms with Gasteiger partial charge in [0.05, 0.1) is 29.1 Å². The van der Waals surface area contributed by atoms with E-state index >= 15 is 0 Å². The van der Waals surface area contributed by atoms with Crippen molar-refractivity contribution in [1.29, 1.82) is 0 Å². The Balaban J connectivity index is 1.52. The number of rotatable bonds is 9. The molecule has 0 radical (unpaired) electrons. The Bertz CT molecular complexity index is 1140. The fourth-order valence-corrected chi connectivity index (χ4v) is 7.67. The van der Waals surface area contributed by atoms with E-state index in [2.05, 4.69) is 0 Å². The highest BCUT2D eigenvalue weighted by molar-refractivity contribution is 7.92. The van der Waals surface area contributed by atoms with Gasteiger partial charge in [0.15, 0.2) is 9.84 Å². The Hall–Kier alpha value is -2.14. The average molecular weight is 496 g/mol. The predicted octanol–water partition coefficient (Wildman–Crippen LogP) is 3.23. The van der Waals surface area contributed by atoms with E-state index in [1.807, 2.05) is 6.92 Å². The Morgan fingerprint density at radius 3 is 2.18 bits per heavy atom. The topological polar surface area (TPSA) is 99.2 Å². The smallest absolute Gasteiger partial charge is 0.243 e. The first-order chi connectivity index (χ1) is 15.8. The summed E-state index contributed by atoms with van der Waals surface area (Å²) in [4.78, 5) is 0.101. The van der Waals surface area contributed by atoms with E-state index < -0.39 is 25.9 Å². The van der Waals surface area contributed by atoms with Crippen LogP contribution in [0.2, 0.25) is 0 Å². The van der Waals surface area contributed by atoms with E-state index in [9.17, 15) is 16.8 Å². The molecule has 2 aromatic carbocycles. The summed E-state index contributed by atoms with van der Waals surface area (Å²) >= 11 is 0. The van der Waals surface area contributed by atoms with Gasteiger partial charge in [0.25, 0.3) is 0 Å². The molecular formula is C23H29NO7S2. The van der Waals surface area contributed by atoms with Gasteiger partial charge in [-0.2, -0.15) is 4.31 Å². The Kier molecular flexibility index (Phi) is 7.28. The largest absolute Gasteiger partial charge is 0.494 e. The first-order valence-electron chi connectivity index (χ1n) is 11.1. The van der Waals surface area contributed by atoms with Crippen molar-refractivity contribution < 1.29 is 31.0 Å². The lowest BCUT2D eigenvalue weighted by atomic mass is 10.2. The lowest BCUT2D eigenvalue weighted by molar-refractivity contribution is 0.0877. The van der Waals surface area contributed by atoms with Crippen LogP contribution < -0.4 is 9.47 Å². The van der Waals surface area contributed by atoms with Gasteiger partial charge >= 0.3 is 0 Å². The van der Waals surface area contributed by atoms with E-state index in [0.717, 1.165) is 18.6 Å². The molecule has 8 nitrogen and oxygen atoms in total. The van der Waals surface area contributed by atoms with Crippen molar-refractivity contribution >= 4 is 19.9 Å². The predicted molar refractivity (Wildman–Crippen MR) is 124 cm³/mol. The van der Waals surface area contributed by atoms with Crippen LogP contribution in [0.5, 0.6) is 17.2 Å². The summed E-state index contributed by atoms with van der Waals surface area (Å²) in [5, 5.41) is 0. The molecule has 4 rings (SSSR count). The molecule has 2 fully saturated rings. The van der Waals surface area contributed by atoms with E-state index in [1.165, 1.54) is 16.4 Å². The van der Waals surface area contributed by atoms with Gasteiger partial charge in [-0.15, -0.1) is 0 Å². The molecule has 2 atom stereocenters. The number of hydrogen-bond acceptors (Lipinski definition) is 7. The zero-order chi connectivity index (χ0) is 23.5. The number of nitrogens with zero attached hydrogens (tertiary/aromatic N) is 1. The minimum Gasteiger partial charge on any atom is -0.494 e. The summed E-state index contributed by atoms with van der Waals surface area (Å²) in [5.74, 6) is 1.69. The Morgan fingerprint density at radius 2 is 1.64 bits per heavy atom. The molecule has 0 unspecified atom stereocenters. The second-order valence-electron chi connectivity index (χ2n) is 8.24. The number of hydrogen-bond donors (Lipinski definition) is 0. The molecule has 2 saturated heterocycles. The van der Waals surface area contributed by atoms with Crippen LogP contribution in [-0.2, 0) is 24.6 Å². The van der Waals surface area contributed by atoms with E-state index in [-0.39, 0.29) is 29.0 Å². The maximum atomic E-state index is 13.5. The molecule has 0 bridgehead atoms. The molecule has 0 aromatic heterocycles. The van der Waals surface area contributed by atoms with Gasteiger partial charge in [0, 0.05) is 19.2 Å². The molecule has 2 heterocycles. The SMILES string of the molecule is CCOc1ccc(Oc2ccc(S(=O)(=O)N(C[C@@H]3CCCO3)[C@H]3CCS(=O)(=O)C3)cc2)cc1. The van der Waals surface area contributed by atoms with Gasteiger partial charge in [-0.3, -0.25) is 0 Å². The number of sulfone groups is 1. The minimum absolute atomic E-state index is 0.00404. The number of benzene rings is 2. The monoisotopic (exact) mass is 495 g/mol. The average Bonchev–Trinajstić information content (AvgIpc) is 3.43. The Labute approximate surface area is 195 Å². The molecule has 2 aromatic rings. The second kappa shape index (κ2) is 10.0. The minimum atomic E-state index is -3.91. The molecule has 0 spiro atoms. The molecular weight excluding hydrogens is 466 g/mol. The highest BCUT2D eigenvalue weighted by Crippen LogP contribution is 2.30. The molecule has 0 saturated carbocycles. The van der Waals surface area contributed by atoms with Crippen molar-refractivity contribution in [1.82, 2.24) is 4.31 Å². The fourth-order valence-electron chi connectivity index (χ4n) is 4.16.